The average molecular weight is 548 g/mol. The summed E-state index contributed by atoms with van der Waals surface area (Å²) in [7, 11) is 0. The minimum atomic E-state index is -0.170. The van der Waals surface area contributed by atoms with Crippen LogP contribution in [0.5, 0.6) is 11.5 Å². The Morgan fingerprint density at radius 3 is 2.61 bits per heavy atom. The van der Waals surface area contributed by atoms with Crippen LogP contribution >= 0.6 is 23.1 Å². The number of carbonyl (C=O) groups is 2. The van der Waals surface area contributed by atoms with Crippen molar-refractivity contribution in [2.75, 3.05) is 24.3 Å². The second-order valence-corrected chi connectivity index (χ2v) is 11.3. The highest BCUT2D eigenvalue weighted by atomic mass is 32.2. The van der Waals surface area contributed by atoms with Gasteiger partial charge in [-0.3, -0.25) is 19.0 Å². The Hall–Kier alpha value is -3.63. The van der Waals surface area contributed by atoms with Gasteiger partial charge in [-0.05, 0) is 73.7 Å². The summed E-state index contributed by atoms with van der Waals surface area (Å²) in [6.07, 6.45) is 4.02. The summed E-state index contributed by atoms with van der Waals surface area (Å²) in [6.45, 7) is 2.38. The fourth-order valence-corrected chi connectivity index (χ4v) is 7.05. The van der Waals surface area contributed by atoms with Crippen LogP contribution in [0.15, 0.2) is 52.4 Å². The van der Waals surface area contributed by atoms with E-state index < -0.39 is 0 Å². The van der Waals surface area contributed by atoms with Crippen LogP contribution in [-0.4, -0.2) is 40.2 Å². The summed E-state index contributed by atoms with van der Waals surface area (Å²) in [6, 6.07) is 12.3. The number of nitrogens with one attached hydrogen (secondary N) is 1. The fourth-order valence-electron chi connectivity index (χ4n) is 4.84. The molecule has 0 atom stereocenters. The first-order valence-electron chi connectivity index (χ1n) is 12.5. The molecule has 0 bridgehead atoms. The number of carbonyl (C=O) groups excluding carboxylic acids is 2. The lowest BCUT2D eigenvalue weighted by Gasteiger charge is -2.18. The molecule has 1 amide bonds. The number of Topliss-reactive ketones (excluding diaryl/α,β-unsaturated/α-hetero) is 1. The summed E-state index contributed by atoms with van der Waals surface area (Å²) in [5, 5.41) is 3.89. The topological polar surface area (TPSA) is 99.5 Å². The third-order valence-corrected chi connectivity index (χ3v) is 8.72. The lowest BCUT2D eigenvalue weighted by atomic mass is 9.97. The molecular formula is C28H25N3O5S2. The Labute approximate surface area is 227 Å². The molecule has 2 aliphatic rings. The van der Waals surface area contributed by atoms with Gasteiger partial charge in [-0.15, -0.1) is 11.3 Å². The van der Waals surface area contributed by atoms with Crippen LogP contribution < -0.4 is 20.3 Å². The van der Waals surface area contributed by atoms with E-state index in [1.54, 1.807) is 58.4 Å². The first kappa shape index (κ1) is 24.7. The number of thiophene rings is 1. The molecule has 1 aliphatic carbocycles. The molecule has 0 fully saturated rings. The number of ether oxygens (including phenoxy) is 2. The van der Waals surface area contributed by atoms with Crippen LogP contribution in [0.2, 0.25) is 0 Å². The summed E-state index contributed by atoms with van der Waals surface area (Å²) in [5.74, 6) is 1.03. The van der Waals surface area contributed by atoms with E-state index in [0.29, 0.717) is 52.2 Å². The minimum absolute atomic E-state index is 0.0978. The van der Waals surface area contributed by atoms with Crippen LogP contribution in [-0.2, 0) is 17.6 Å². The van der Waals surface area contributed by atoms with Gasteiger partial charge in [0.15, 0.2) is 22.4 Å². The number of amides is 1. The average Bonchev–Trinajstić information content (AvgIpc) is 3.30. The van der Waals surface area contributed by atoms with Gasteiger partial charge >= 0.3 is 0 Å². The highest BCUT2D eigenvalue weighted by molar-refractivity contribution is 7.99. The van der Waals surface area contributed by atoms with Crippen LogP contribution in [0.3, 0.4) is 0 Å². The molecule has 2 aromatic heterocycles. The predicted octanol–water partition coefficient (Wildman–Crippen LogP) is 5.03. The van der Waals surface area contributed by atoms with Gasteiger partial charge in [0.05, 0.1) is 16.8 Å². The first-order chi connectivity index (χ1) is 18.5. The molecular weight excluding hydrogens is 522 g/mol. The van der Waals surface area contributed by atoms with Gasteiger partial charge in [0, 0.05) is 23.1 Å². The Balaban J connectivity index is 1.37. The second-order valence-electron chi connectivity index (χ2n) is 9.22. The molecule has 194 valence electrons. The molecule has 8 nitrogen and oxygen atoms in total. The maximum atomic E-state index is 14.0. The van der Waals surface area contributed by atoms with Crippen molar-refractivity contribution in [2.24, 2.45) is 0 Å². The molecule has 0 radical (unpaired) electrons. The molecule has 1 N–H and O–H groups in total. The Morgan fingerprint density at radius 1 is 1.05 bits per heavy atom. The van der Waals surface area contributed by atoms with E-state index in [-0.39, 0.29) is 23.0 Å². The quantitative estimate of drug-likeness (QED) is 0.205. The van der Waals surface area contributed by atoms with Gasteiger partial charge in [-0.2, -0.15) is 0 Å². The highest BCUT2D eigenvalue weighted by Gasteiger charge is 2.24. The molecule has 0 unspecified atom stereocenters. The van der Waals surface area contributed by atoms with E-state index in [9.17, 15) is 14.4 Å². The number of fused-ring (bicyclic) bond motifs is 4. The lowest BCUT2D eigenvalue weighted by Crippen LogP contribution is -2.22. The van der Waals surface area contributed by atoms with Crippen molar-refractivity contribution in [3.63, 3.8) is 0 Å². The first-order valence-corrected chi connectivity index (χ1v) is 14.3. The minimum Gasteiger partial charge on any atom is -0.486 e. The number of anilines is 1. The number of thioether (sulfide) groups is 1. The number of aromatic nitrogens is 2. The van der Waals surface area contributed by atoms with E-state index >= 15 is 0 Å². The smallest absolute Gasteiger partial charge is 0.267 e. The number of nitrogens with zero attached hydrogens (tertiary/aromatic N) is 2. The van der Waals surface area contributed by atoms with Crippen molar-refractivity contribution in [1.29, 1.82) is 0 Å². The summed E-state index contributed by atoms with van der Waals surface area (Å²) >= 11 is 2.83. The van der Waals surface area contributed by atoms with Crippen molar-refractivity contribution < 1.29 is 19.1 Å². The van der Waals surface area contributed by atoms with Crippen molar-refractivity contribution >= 4 is 50.7 Å². The summed E-state index contributed by atoms with van der Waals surface area (Å²) < 4.78 is 12.8. The molecule has 1 aliphatic heterocycles. The third-order valence-electron chi connectivity index (χ3n) is 6.60. The van der Waals surface area contributed by atoms with Gasteiger partial charge in [0.2, 0.25) is 5.91 Å². The maximum absolute atomic E-state index is 14.0. The van der Waals surface area contributed by atoms with Crippen molar-refractivity contribution in [3.05, 3.63) is 68.8 Å². The van der Waals surface area contributed by atoms with Gasteiger partial charge in [-0.1, -0.05) is 11.8 Å². The molecule has 38 heavy (non-hydrogen) atoms. The van der Waals surface area contributed by atoms with Crippen molar-refractivity contribution in [3.8, 4) is 17.2 Å². The van der Waals surface area contributed by atoms with E-state index in [4.69, 9.17) is 14.5 Å². The van der Waals surface area contributed by atoms with E-state index in [1.165, 1.54) is 23.6 Å². The van der Waals surface area contributed by atoms with Gasteiger partial charge in [0.25, 0.3) is 5.56 Å². The predicted molar refractivity (Wildman–Crippen MR) is 149 cm³/mol. The van der Waals surface area contributed by atoms with Crippen molar-refractivity contribution in [1.82, 2.24) is 9.55 Å². The third kappa shape index (κ3) is 4.69. The molecule has 0 saturated heterocycles. The molecule has 0 saturated carbocycles. The number of rotatable bonds is 6. The fraction of sp³-hybridized carbons (Fsp3) is 0.286. The maximum Gasteiger partial charge on any atom is 0.267 e. The zero-order valence-electron chi connectivity index (χ0n) is 20.7. The Kier molecular flexibility index (Phi) is 6.67. The van der Waals surface area contributed by atoms with Crippen LogP contribution in [0.25, 0.3) is 15.9 Å². The van der Waals surface area contributed by atoms with Gasteiger partial charge in [0.1, 0.15) is 18.0 Å². The van der Waals surface area contributed by atoms with Gasteiger partial charge in [-0.25, -0.2) is 4.98 Å². The molecule has 4 aromatic rings. The second kappa shape index (κ2) is 10.3. The normalized spacial score (nSPS) is 14.2. The molecule has 3 heterocycles. The standard InChI is InChI=1S/C28H25N3O5S2/c1-16(32)29-18-7-9-19(10-8-18)31-27(34)25-20-4-2-3-5-24(20)38-26(25)30-28(31)37-15-21(33)17-6-11-22-23(14-17)36-13-12-35-22/h6-11,14H,2-5,12-13,15H2,1H3,(H,29,32). The molecule has 10 heteroatoms. The highest BCUT2D eigenvalue weighted by Crippen LogP contribution is 2.36. The number of ketones is 1. The van der Waals surface area contributed by atoms with E-state index in [2.05, 4.69) is 5.32 Å². The number of aryl methyl sites for hydroxylation is 2. The zero-order valence-corrected chi connectivity index (χ0v) is 22.4. The zero-order chi connectivity index (χ0) is 26.2. The largest absolute Gasteiger partial charge is 0.486 e. The summed E-state index contributed by atoms with van der Waals surface area (Å²) in [5.41, 5.74) is 2.77. The monoisotopic (exact) mass is 547 g/mol. The molecule has 2 aromatic carbocycles. The molecule has 6 rings (SSSR count). The lowest BCUT2D eigenvalue weighted by molar-refractivity contribution is -0.114. The van der Waals surface area contributed by atoms with Gasteiger partial charge < -0.3 is 14.8 Å². The Bertz CT molecular complexity index is 1620. The number of benzene rings is 2. The number of hydrogen-bond donors (Lipinski definition) is 1. The van der Waals surface area contributed by atoms with E-state index in [1.807, 2.05) is 0 Å². The van der Waals surface area contributed by atoms with Crippen LogP contribution in [0, 0.1) is 0 Å². The molecule has 0 spiro atoms. The van der Waals surface area contributed by atoms with Crippen LogP contribution in [0.1, 0.15) is 40.6 Å². The number of hydrogen-bond acceptors (Lipinski definition) is 8. The summed E-state index contributed by atoms with van der Waals surface area (Å²) in [4.78, 5) is 45.4. The van der Waals surface area contributed by atoms with E-state index in [0.717, 1.165) is 36.1 Å². The SMILES string of the molecule is CC(=O)Nc1ccc(-n2c(SCC(=O)c3ccc4c(c3)OCCO4)nc3sc4c(c3c2=O)CCCC4)cc1. The van der Waals surface area contributed by atoms with Crippen molar-refractivity contribution in [2.45, 2.75) is 37.8 Å². The Morgan fingerprint density at radius 2 is 1.82 bits per heavy atom. The van der Waals surface area contributed by atoms with Crippen LogP contribution in [0.4, 0.5) is 5.69 Å².